The van der Waals surface area contributed by atoms with Gasteiger partial charge in [-0.05, 0) is 36.6 Å². The van der Waals surface area contributed by atoms with Crippen LogP contribution in [-0.2, 0) is 17.8 Å². The minimum Gasteiger partial charge on any atom is -0.340 e. The molecule has 1 atom stereocenters. The van der Waals surface area contributed by atoms with E-state index in [4.69, 9.17) is 23.2 Å². The van der Waals surface area contributed by atoms with Crippen molar-refractivity contribution in [3.63, 3.8) is 0 Å². The van der Waals surface area contributed by atoms with E-state index >= 15 is 0 Å². The molecule has 0 bridgehead atoms. The van der Waals surface area contributed by atoms with Crippen molar-refractivity contribution in [1.82, 2.24) is 10.2 Å². The molecule has 26 heavy (non-hydrogen) atoms. The fraction of sp³-hybridized carbons (Fsp3) is 0.300. The van der Waals surface area contributed by atoms with Gasteiger partial charge < -0.3 is 10.2 Å². The van der Waals surface area contributed by atoms with Gasteiger partial charge in [0.25, 0.3) is 5.91 Å². The first-order valence-electron chi connectivity index (χ1n) is 8.41. The van der Waals surface area contributed by atoms with Gasteiger partial charge >= 0.3 is 0 Å². The van der Waals surface area contributed by atoms with Gasteiger partial charge in [0, 0.05) is 13.6 Å². The van der Waals surface area contributed by atoms with Crippen LogP contribution in [-0.4, -0.2) is 29.8 Å². The molecule has 0 aliphatic heterocycles. The molecule has 0 aliphatic carbocycles. The summed E-state index contributed by atoms with van der Waals surface area (Å²) in [6.07, 6.45) is 0.976. The number of amides is 2. The largest absolute Gasteiger partial charge is 0.340 e. The highest BCUT2D eigenvalue weighted by molar-refractivity contribution is 6.43. The summed E-state index contributed by atoms with van der Waals surface area (Å²) in [5, 5.41) is 3.15. The summed E-state index contributed by atoms with van der Waals surface area (Å²) in [7, 11) is 1.71. The number of carbonyl (C=O) groups excluding carboxylic acids is 2. The predicted octanol–water partition coefficient (Wildman–Crippen LogP) is 4.33. The Kier molecular flexibility index (Phi) is 7.06. The van der Waals surface area contributed by atoms with E-state index in [-0.39, 0.29) is 16.5 Å². The van der Waals surface area contributed by atoms with Crippen LogP contribution in [0.5, 0.6) is 0 Å². The molecule has 0 aromatic heterocycles. The van der Waals surface area contributed by atoms with Crippen LogP contribution in [0.4, 0.5) is 0 Å². The Bertz CT molecular complexity index is 791. The number of carbonyl (C=O) groups is 2. The van der Waals surface area contributed by atoms with Gasteiger partial charge in [-0.3, -0.25) is 9.59 Å². The number of hydrogen-bond donors (Lipinski definition) is 1. The van der Waals surface area contributed by atoms with Crippen molar-refractivity contribution >= 4 is 35.0 Å². The molecule has 0 fully saturated rings. The summed E-state index contributed by atoms with van der Waals surface area (Å²) in [5.41, 5.74) is 2.54. The first-order chi connectivity index (χ1) is 12.3. The van der Waals surface area contributed by atoms with E-state index in [1.165, 1.54) is 5.56 Å². The monoisotopic (exact) mass is 392 g/mol. The van der Waals surface area contributed by atoms with Crippen molar-refractivity contribution in [2.24, 2.45) is 0 Å². The molecule has 4 nitrogen and oxygen atoms in total. The first-order valence-corrected chi connectivity index (χ1v) is 9.16. The molecule has 1 N–H and O–H groups in total. The van der Waals surface area contributed by atoms with Gasteiger partial charge in [-0.2, -0.15) is 0 Å². The summed E-state index contributed by atoms with van der Waals surface area (Å²) in [5.74, 6) is -0.616. The highest BCUT2D eigenvalue weighted by Gasteiger charge is 2.21. The average molecular weight is 393 g/mol. The van der Waals surface area contributed by atoms with Crippen LogP contribution in [0.2, 0.25) is 10.0 Å². The highest BCUT2D eigenvalue weighted by atomic mass is 35.5. The third kappa shape index (κ3) is 4.99. The molecule has 1 unspecified atom stereocenters. The van der Waals surface area contributed by atoms with Crippen LogP contribution >= 0.6 is 23.2 Å². The fourth-order valence-electron chi connectivity index (χ4n) is 2.58. The van der Waals surface area contributed by atoms with Crippen molar-refractivity contribution < 1.29 is 9.59 Å². The fourth-order valence-corrected chi connectivity index (χ4v) is 2.96. The Morgan fingerprint density at radius 1 is 1.08 bits per heavy atom. The standard InChI is InChI=1S/C20H22Cl2N2O2/c1-4-14-8-10-15(11-9-14)12-24(3)20(26)13(2)23-19(25)16-6-5-7-17(21)18(16)22/h5-11,13H,4,12H2,1-3H3,(H,23,25). The summed E-state index contributed by atoms with van der Waals surface area (Å²) in [6.45, 7) is 4.22. The molecular formula is C20H22Cl2N2O2. The van der Waals surface area contributed by atoms with Crippen molar-refractivity contribution in [2.75, 3.05) is 7.05 Å². The predicted molar refractivity (Wildman–Crippen MR) is 106 cm³/mol. The van der Waals surface area contributed by atoms with Gasteiger partial charge in [0.05, 0.1) is 15.6 Å². The number of halogens is 2. The SMILES string of the molecule is CCc1ccc(CN(C)C(=O)C(C)NC(=O)c2cccc(Cl)c2Cl)cc1. The van der Waals surface area contributed by atoms with Gasteiger partial charge in [0.2, 0.25) is 5.91 Å². The smallest absolute Gasteiger partial charge is 0.253 e. The molecule has 0 spiro atoms. The summed E-state index contributed by atoms with van der Waals surface area (Å²) in [6, 6.07) is 12.3. The normalized spacial score (nSPS) is 11.7. The molecular weight excluding hydrogens is 371 g/mol. The van der Waals surface area contributed by atoms with Crippen LogP contribution in [0.1, 0.15) is 35.3 Å². The van der Waals surface area contributed by atoms with E-state index in [0.717, 1.165) is 12.0 Å². The summed E-state index contributed by atoms with van der Waals surface area (Å²) < 4.78 is 0. The Labute approximate surface area is 164 Å². The zero-order valence-corrected chi connectivity index (χ0v) is 16.6. The number of hydrogen-bond acceptors (Lipinski definition) is 2. The summed E-state index contributed by atoms with van der Waals surface area (Å²) >= 11 is 12.0. The Hall–Kier alpha value is -2.04. The van der Waals surface area contributed by atoms with Gasteiger partial charge in [-0.15, -0.1) is 0 Å². The van der Waals surface area contributed by atoms with Crippen molar-refractivity contribution in [3.8, 4) is 0 Å². The van der Waals surface area contributed by atoms with Gasteiger partial charge in [-0.1, -0.05) is 60.5 Å². The minimum atomic E-state index is -0.683. The van der Waals surface area contributed by atoms with Crippen LogP contribution in [0.15, 0.2) is 42.5 Å². The second-order valence-electron chi connectivity index (χ2n) is 6.16. The van der Waals surface area contributed by atoms with Gasteiger partial charge in [0.15, 0.2) is 0 Å². The quantitative estimate of drug-likeness (QED) is 0.794. The molecule has 2 rings (SSSR count). The van der Waals surface area contributed by atoms with Crippen LogP contribution < -0.4 is 5.32 Å². The second kappa shape index (κ2) is 9.06. The van der Waals surface area contributed by atoms with E-state index in [2.05, 4.69) is 24.4 Å². The molecule has 0 heterocycles. The minimum absolute atomic E-state index is 0.177. The highest BCUT2D eigenvalue weighted by Crippen LogP contribution is 2.25. The van der Waals surface area contributed by atoms with E-state index in [1.807, 2.05) is 12.1 Å². The molecule has 0 saturated heterocycles. The van der Waals surface area contributed by atoms with E-state index in [1.54, 1.807) is 37.1 Å². The van der Waals surface area contributed by atoms with Crippen molar-refractivity contribution in [1.29, 1.82) is 0 Å². The number of nitrogens with one attached hydrogen (secondary N) is 1. The lowest BCUT2D eigenvalue weighted by atomic mass is 10.1. The number of aryl methyl sites for hydroxylation is 1. The second-order valence-corrected chi connectivity index (χ2v) is 6.95. The van der Waals surface area contributed by atoms with Crippen LogP contribution in [0.3, 0.4) is 0 Å². The van der Waals surface area contributed by atoms with E-state index < -0.39 is 11.9 Å². The average Bonchev–Trinajstić information content (AvgIpc) is 2.63. The Balaban J connectivity index is 1.99. The van der Waals surface area contributed by atoms with Gasteiger partial charge in [0.1, 0.15) is 6.04 Å². The maximum atomic E-state index is 12.5. The van der Waals surface area contributed by atoms with E-state index in [0.29, 0.717) is 11.6 Å². The Morgan fingerprint density at radius 3 is 2.31 bits per heavy atom. The maximum absolute atomic E-state index is 12.5. The molecule has 0 saturated carbocycles. The lowest BCUT2D eigenvalue weighted by Gasteiger charge is -2.22. The third-order valence-electron chi connectivity index (χ3n) is 4.14. The first kappa shape index (κ1) is 20.3. The molecule has 0 aliphatic rings. The lowest BCUT2D eigenvalue weighted by Crippen LogP contribution is -2.45. The number of nitrogens with zero attached hydrogens (tertiary/aromatic N) is 1. The molecule has 138 valence electrons. The van der Waals surface area contributed by atoms with Gasteiger partial charge in [-0.25, -0.2) is 0 Å². The topological polar surface area (TPSA) is 49.4 Å². The van der Waals surface area contributed by atoms with Crippen molar-refractivity contribution in [2.45, 2.75) is 32.9 Å². The number of benzene rings is 2. The molecule has 0 radical (unpaired) electrons. The van der Waals surface area contributed by atoms with Crippen LogP contribution in [0, 0.1) is 0 Å². The molecule has 2 aromatic rings. The summed E-state index contributed by atoms with van der Waals surface area (Å²) in [4.78, 5) is 26.5. The molecule has 2 amide bonds. The lowest BCUT2D eigenvalue weighted by molar-refractivity contribution is -0.132. The Morgan fingerprint density at radius 2 is 1.69 bits per heavy atom. The van der Waals surface area contributed by atoms with Crippen LogP contribution in [0.25, 0.3) is 0 Å². The van der Waals surface area contributed by atoms with E-state index in [9.17, 15) is 9.59 Å². The number of rotatable bonds is 6. The molecule has 2 aromatic carbocycles. The third-order valence-corrected chi connectivity index (χ3v) is 4.96. The zero-order valence-electron chi connectivity index (χ0n) is 15.1. The maximum Gasteiger partial charge on any atom is 0.253 e. The van der Waals surface area contributed by atoms with Crippen molar-refractivity contribution in [3.05, 3.63) is 69.2 Å². The number of likely N-dealkylation sites (N-methyl/N-ethyl adjacent to an activating group) is 1. The zero-order chi connectivity index (χ0) is 19.3. The molecule has 6 heteroatoms.